The predicted octanol–water partition coefficient (Wildman–Crippen LogP) is 0.486. The SMILES string of the molecule is CCCCC1=CC[C-]=C1.CCCCC1=CC[C-]=C1.C[C](C)=[Hf+2].[Cl-].[Cl-]. The smallest absolute Gasteiger partial charge is 1.00 e. The van der Waals surface area contributed by atoms with E-state index in [0.29, 0.717) is 0 Å². The predicted molar refractivity (Wildman–Crippen MR) is 96.4 cm³/mol. The molecule has 0 N–H and O–H groups in total. The molecular formula is C21H32Cl2Hf-2. The van der Waals surface area contributed by atoms with Crippen molar-refractivity contribution in [1.82, 2.24) is 0 Å². The number of unbranched alkanes of at least 4 members (excludes halogenated alkanes) is 2. The first-order chi connectivity index (χ1) is 10.6. The van der Waals surface area contributed by atoms with Gasteiger partial charge < -0.3 is 24.8 Å². The summed E-state index contributed by atoms with van der Waals surface area (Å²) in [7, 11) is 0. The summed E-state index contributed by atoms with van der Waals surface area (Å²) in [5.74, 6) is 0. The maximum absolute atomic E-state index is 3.16. The van der Waals surface area contributed by atoms with Crippen LogP contribution in [0.4, 0.5) is 0 Å². The molecule has 0 amide bonds. The first-order valence-electron chi connectivity index (χ1n) is 8.63. The van der Waals surface area contributed by atoms with Crippen molar-refractivity contribution in [3.8, 4) is 0 Å². The zero-order valence-corrected chi connectivity index (χ0v) is 20.8. The van der Waals surface area contributed by atoms with E-state index >= 15 is 0 Å². The van der Waals surface area contributed by atoms with Gasteiger partial charge in [-0.2, -0.15) is 12.2 Å². The molecule has 136 valence electrons. The molecule has 0 radical (unpaired) electrons. The van der Waals surface area contributed by atoms with E-state index in [-0.39, 0.29) is 24.8 Å². The molecule has 24 heavy (non-hydrogen) atoms. The molecule has 0 aromatic heterocycles. The molecule has 0 saturated carbocycles. The van der Waals surface area contributed by atoms with E-state index in [4.69, 9.17) is 0 Å². The van der Waals surface area contributed by atoms with Crippen LogP contribution in [0, 0.1) is 12.2 Å². The van der Waals surface area contributed by atoms with Crippen molar-refractivity contribution in [2.24, 2.45) is 0 Å². The molecule has 0 aliphatic heterocycles. The third-order valence-electron chi connectivity index (χ3n) is 3.18. The van der Waals surface area contributed by atoms with Crippen LogP contribution in [-0.2, 0) is 23.9 Å². The number of allylic oxidation sites excluding steroid dienone is 8. The van der Waals surface area contributed by atoms with Crippen LogP contribution in [-0.4, -0.2) is 3.26 Å². The fraction of sp³-hybridized carbons (Fsp3) is 0.571. The fourth-order valence-corrected chi connectivity index (χ4v) is 1.99. The van der Waals surface area contributed by atoms with E-state index < -0.39 is 0 Å². The van der Waals surface area contributed by atoms with Gasteiger partial charge in [0.25, 0.3) is 0 Å². The molecule has 0 aromatic rings. The summed E-state index contributed by atoms with van der Waals surface area (Å²) >= 11 is 1.27. The minimum atomic E-state index is 0. The van der Waals surface area contributed by atoms with Crippen LogP contribution in [0.15, 0.2) is 35.5 Å². The Balaban J connectivity index is -0.000000283. The average Bonchev–Trinajstić information content (AvgIpc) is 3.16. The molecule has 0 saturated heterocycles. The maximum Gasteiger partial charge on any atom is -1.00 e. The van der Waals surface area contributed by atoms with Crippen molar-refractivity contribution in [3.63, 3.8) is 0 Å². The Kier molecular flexibility index (Phi) is 25.8. The van der Waals surface area contributed by atoms with Crippen molar-refractivity contribution in [3.05, 3.63) is 47.6 Å². The fourth-order valence-electron chi connectivity index (χ4n) is 1.99. The van der Waals surface area contributed by atoms with Crippen molar-refractivity contribution >= 4 is 3.26 Å². The van der Waals surface area contributed by atoms with E-state index in [1.54, 1.807) is 3.26 Å². The molecule has 2 aliphatic carbocycles. The minimum Gasteiger partial charge on any atom is -1.00 e. The van der Waals surface area contributed by atoms with Crippen LogP contribution in [0.2, 0.25) is 0 Å². The average molecular weight is 534 g/mol. The van der Waals surface area contributed by atoms with Crippen molar-refractivity contribution < 1.29 is 48.7 Å². The van der Waals surface area contributed by atoms with Crippen LogP contribution in [0.5, 0.6) is 0 Å². The quantitative estimate of drug-likeness (QED) is 0.344. The molecule has 0 spiro atoms. The summed E-state index contributed by atoms with van der Waals surface area (Å²) in [5.41, 5.74) is 2.97. The number of hydrogen-bond acceptors (Lipinski definition) is 0. The van der Waals surface area contributed by atoms with Crippen LogP contribution in [0.25, 0.3) is 0 Å². The Morgan fingerprint density at radius 1 is 0.875 bits per heavy atom. The zero-order valence-electron chi connectivity index (χ0n) is 15.7. The van der Waals surface area contributed by atoms with Gasteiger partial charge in [0, 0.05) is 0 Å². The van der Waals surface area contributed by atoms with Gasteiger partial charge in [0.2, 0.25) is 0 Å². The van der Waals surface area contributed by atoms with Gasteiger partial charge >= 0.3 is 41.0 Å². The first kappa shape index (κ1) is 29.1. The molecule has 0 bridgehead atoms. The van der Waals surface area contributed by atoms with Gasteiger partial charge in [0.1, 0.15) is 0 Å². The Hall–Kier alpha value is 0.280. The molecule has 0 unspecified atom stereocenters. The van der Waals surface area contributed by atoms with Gasteiger partial charge in [0.05, 0.1) is 0 Å². The van der Waals surface area contributed by atoms with Crippen LogP contribution in [0.3, 0.4) is 0 Å². The molecule has 0 fully saturated rings. The summed E-state index contributed by atoms with van der Waals surface area (Å²) in [4.78, 5) is 0. The summed E-state index contributed by atoms with van der Waals surface area (Å²) in [6.07, 6.45) is 24.9. The van der Waals surface area contributed by atoms with Gasteiger partial charge in [-0.1, -0.05) is 52.4 Å². The summed E-state index contributed by atoms with van der Waals surface area (Å²) in [6.45, 7) is 8.74. The molecule has 0 nitrogen and oxygen atoms in total. The first-order valence-corrected chi connectivity index (χ1v) is 10.4. The Morgan fingerprint density at radius 2 is 1.21 bits per heavy atom. The largest absolute Gasteiger partial charge is 1.00 e. The number of hydrogen-bond donors (Lipinski definition) is 0. The summed E-state index contributed by atoms with van der Waals surface area (Å²) in [5, 5.41) is 0. The van der Waals surface area contributed by atoms with E-state index in [1.165, 1.54) is 73.6 Å². The number of rotatable bonds is 6. The van der Waals surface area contributed by atoms with Crippen molar-refractivity contribution in [2.45, 2.75) is 79.1 Å². The Bertz CT molecular complexity index is 380. The normalized spacial score (nSPS) is 13.4. The molecule has 0 heterocycles. The second-order valence-corrected chi connectivity index (χ2v) is 9.46. The molecule has 2 rings (SSSR count). The summed E-state index contributed by atoms with van der Waals surface area (Å²) < 4.78 is 1.56. The van der Waals surface area contributed by atoms with Gasteiger partial charge in [-0.15, -0.1) is 12.8 Å². The van der Waals surface area contributed by atoms with E-state index in [9.17, 15) is 0 Å². The van der Waals surface area contributed by atoms with E-state index in [1.807, 2.05) is 0 Å². The molecule has 2 aliphatic rings. The summed E-state index contributed by atoms with van der Waals surface area (Å²) in [6, 6.07) is 0. The minimum absolute atomic E-state index is 0. The van der Waals surface area contributed by atoms with Crippen LogP contribution < -0.4 is 24.8 Å². The Morgan fingerprint density at radius 3 is 1.42 bits per heavy atom. The molecular weight excluding hydrogens is 502 g/mol. The van der Waals surface area contributed by atoms with Gasteiger partial charge in [-0.3, -0.25) is 12.2 Å². The Labute approximate surface area is 177 Å². The topological polar surface area (TPSA) is 0 Å². The molecule has 0 aromatic carbocycles. The van der Waals surface area contributed by atoms with Crippen molar-refractivity contribution in [1.29, 1.82) is 0 Å². The maximum atomic E-state index is 3.16. The standard InChI is InChI=1S/2C9H13.C3H6.2ClH.Hf/c2*1-2-3-6-9-7-4-5-8-9;1-3-2;;;/h2*7-8H,2-4,6H2,1H3;1-2H3;2*1H;/q2*-1;;;;+2/p-2. The van der Waals surface area contributed by atoms with Gasteiger partial charge in [0.15, 0.2) is 0 Å². The number of halogens is 2. The van der Waals surface area contributed by atoms with Gasteiger partial charge in [-0.25, -0.2) is 23.3 Å². The van der Waals surface area contributed by atoms with Crippen LogP contribution >= 0.6 is 0 Å². The third kappa shape index (κ3) is 20.3. The molecule has 3 heteroatoms. The van der Waals surface area contributed by atoms with E-state index in [2.05, 4.69) is 64.2 Å². The third-order valence-corrected chi connectivity index (χ3v) is 3.18. The molecule has 0 atom stereocenters. The zero-order chi connectivity index (χ0) is 16.6. The second-order valence-electron chi connectivity index (χ2n) is 5.87. The van der Waals surface area contributed by atoms with Gasteiger partial charge in [-0.05, 0) is 0 Å². The van der Waals surface area contributed by atoms with E-state index in [0.717, 1.165) is 12.8 Å². The second kappa shape index (κ2) is 21.3. The van der Waals surface area contributed by atoms with Crippen LogP contribution in [0.1, 0.15) is 79.1 Å². The van der Waals surface area contributed by atoms with Crippen molar-refractivity contribution in [2.75, 3.05) is 0 Å². The monoisotopic (exact) mass is 534 g/mol.